The molecule has 0 N–H and O–H groups in total. The van der Waals surface area contributed by atoms with E-state index >= 15 is 0 Å². The van der Waals surface area contributed by atoms with E-state index in [2.05, 4.69) is 482 Å². The Bertz CT molecular complexity index is 10500. The molecule has 0 aliphatic heterocycles. The quantitative estimate of drug-likeness (QED) is 0.144. The fraction of sp³-hybridized carbons (Fsp3) is 0. The first-order valence-electron chi connectivity index (χ1n) is 47.4. The molecule has 10 aromatic heterocycles. The lowest BCUT2D eigenvalue weighted by molar-refractivity contribution is 0.669. The van der Waals surface area contributed by atoms with E-state index in [-0.39, 0.29) is 0 Å². The Kier molecular flexibility index (Phi) is 17.3. The van der Waals surface area contributed by atoms with Crippen molar-refractivity contribution in [3.8, 4) is 67.8 Å². The molecule has 0 spiro atoms. The maximum absolute atomic E-state index is 6.40. The number of rotatable bonds is 9. The van der Waals surface area contributed by atoms with Crippen molar-refractivity contribution in [1.29, 1.82) is 0 Å². The summed E-state index contributed by atoms with van der Waals surface area (Å²) in [6.45, 7) is 0. The first-order chi connectivity index (χ1) is 69.0. The molecular formula is C129H79N7O3. The second-order valence-electron chi connectivity index (χ2n) is 36.3. The van der Waals surface area contributed by atoms with Crippen molar-refractivity contribution in [1.82, 2.24) is 32.4 Å². The van der Waals surface area contributed by atoms with Crippen LogP contribution in [0.5, 0.6) is 0 Å². The van der Waals surface area contributed by atoms with Gasteiger partial charge in [-0.05, 0) is 216 Å². The highest BCUT2D eigenvalue weighted by Gasteiger charge is 2.28. The Labute approximate surface area is 794 Å². The summed E-state index contributed by atoms with van der Waals surface area (Å²) in [7, 11) is 0. The molecule has 0 saturated carbocycles. The van der Waals surface area contributed by atoms with Crippen molar-refractivity contribution in [2.75, 3.05) is 0 Å². The van der Waals surface area contributed by atoms with Gasteiger partial charge < -0.3 is 40.7 Å². The summed E-state index contributed by atoms with van der Waals surface area (Å²) in [5, 5.41) is 24.1. The first-order valence-corrected chi connectivity index (χ1v) is 47.4. The largest absolute Gasteiger partial charge is 0.456 e. The van der Waals surface area contributed by atoms with Crippen LogP contribution in [0.25, 0.3) is 275 Å². The molecule has 0 aliphatic rings. The van der Waals surface area contributed by atoms with Crippen LogP contribution >= 0.6 is 0 Å². The van der Waals surface area contributed by atoms with Gasteiger partial charge in [0.05, 0.1) is 77.6 Å². The molecule has 0 amide bonds. The molecule has 0 fully saturated rings. The molecule has 10 heteroatoms. The van der Waals surface area contributed by atoms with Gasteiger partial charge in [-0.2, -0.15) is 0 Å². The molecule has 21 aromatic carbocycles. The highest BCUT2D eigenvalue weighted by molar-refractivity contribution is 6.33. The van der Waals surface area contributed by atoms with Crippen LogP contribution in [-0.2, 0) is 0 Å². The smallest absolute Gasteiger partial charge is 0.136 e. The summed E-state index contributed by atoms with van der Waals surface area (Å²) < 4.78 is 33.6. The summed E-state index contributed by atoms with van der Waals surface area (Å²) >= 11 is 0. The zero-order valence-electron chi connectivity index (χ0n) is 75.0. The van der Waals surface area contributed by atoms with Crippen molar-refractivity contribution in [2.45, 2.75) is 0 Å². The van der Waals surface area contributed by atoms with Gasteiger partial charge in [0.15, 0.2) is 0 Å². The minimum absolute atomic E-state index is 0.905. The van der Waals surface area contributed by atoms with Crippen molar-refractivity contribution in [2.24, 2.45) is 0 Å². The Morgan fingerprint density at radius 1 is 0.137 bits per heavy atom. The van der Waals surface area contributed by atoms with Crippen molar-refractivity contribution in [3.05, 3.63) is 479 Å². The average Bonchev–Trinajstić information content (AvgIpc) is 1.55. The fourth-order valence-corrected chi connectivity index (χ4v) is 22.7. The van der Waals surface area contributed by atoms with E-state index in [9.17, 15) is 0 Å². The van der Waals surface area contributed by atoms with Gasteiger partial charge in [-0.1, -0.05) is 285 Å². The monoisotopic (exact) mass is 1770 g/mol. The second kappa shape index (κ2) is 30.9. The zero-order chi connectivity index (χ0) is 91.0. The molecule has 0 bridgehead atoms. The van der Waals surface area contributed by atoms with Crippen LogP contribution in [0.15, 0.2) is 492 Å². The van der Waals surface area contributed by atoms with E-state index in [1.807, 2.05) is 24.3 Å². The van der Waals surface area contributed by atoms with E-state index in [4.69, 9.17) is 18.2 Å². The Balaban J connectivity index is 0.000000101. The molecule has 10 heterocycles. The average molecular weight is 1780 g/mol. The number of hydrogen-bond acceptors (Lipinski definition) is 4. The van der Waals surface area contributed by atoms with Crippen molar-refractivity contribution in [3.63, 3.8) is 0 Å². The predicted octanol–water partition coefficient (Wildman–Crippen LogP) is 34.9. The molecule has 10 nitrogen and oxygen atoms in total. The summed E-state index contributed by atoms with van der Waals surface area (Å²) in [5.41, 5.74) is 32.9. The highest BCUT2D eigenvalue weighted by atomic mass is 16.3. The summed E-state index contributed by atoms with van der Waals surface area (Å²) in [6, 6.07) is 171. The fourth-order valence-electron chi connectivity index (χ4n) is 22.7. The van der Waals surface area contributed by atoms with Gasteiger partial charge in [0.1, 0.15) is 33.5 Å². The molecular weight excluding hydrogens is 1700 g/mol. The molecule has 0 saturated heterocycles. The molecule has 648 valence electrons. The molecule has 31 rings (SSSR count). The van der Waals surface area contributed by atoms with E-state index in [0.29, 0.717) is 0 Å². The predicted molar refractivity (Wildman–Crippen MR) is 579 cm³/mol. The van der Waals surface area contributed by atoms with Gasteiger partial charge in [0, 0.05) is 142 Å². The minimum Gasteiger partial charge on any atom is -0.456 e. The van der Waals surface area contributed by atoms with E-state index in [1.165, 1.54) is 147 Å². The zero-order valence-corrected chi connectivity index (χ0v) is 75.0. The summed E-state index contributed by atoms with van der Waals surface area (Å²) in [6.07, 6.45) is 0. The lowest BCUT2D eigenvalue weighted by atomic mass is 10.0. The Morgan fingerprint density at radius 3 is 0.856 bits per heavy atom. The molecule has 0 aliphatic carbocycles. The number of hydrogen-bond donors (Lipinski definition) is 0. The molecule has 139 heavy (non-hydrogen) atoms. The number of aromatic nitrogens is 7. The normalized spacial score (nSPS) is 12.0. The molecule has 0 unspecified atom stereocenters. The number of pyridine rings is 1. The van der Waals surface area contributed by atoms with E-state index in [0.717, 1.165) is 128 Å². The lowest BCUT2D eigenvalue weighted by Gasteiger charge is -2.11. The van der Waals surface area contributed by atoms with Crippen LogP contribution < -0.4 is 0 Å². The number of nitrogens with zero attached hydrogens (tertiary/aromatic N) is 7. The summed E-state index contributed by atoms with van der Waals surface area (Å²) in [5.74, 6) is 0. The van der Waals surface area contributed by atoms with Crippen LogP contribution in [0.4, 0.5) is 0 Å². The number of fused-ring (bicyclic) bond motifs is 31. The minimum atomic E-state index is 0.905. The van der Waals surface area contributed by atoms with Gasteiger partial charge in [0.25, 0.3) is 0 Å². The van der Waals surface area contributed by atoms with Crippen LogP contribution in [0.2, 0.25) is 0 Å². The third-order valence-electron chi connectivity index (χ3n) is 28.7. The van der Waals surface area contributed by atoms with Gasteiger partial charge in [-0.15, -0.1) is 0 Å². The maximum atomic E-state index is 6.40. The van der Waals surface area contributed by atoms with Crippen LogP contribution in [0.3, 0.4) is 0 Å². The van der Waals surface area contributed by atoms with Crippen LogP contribution in [-0.4, -0.2) is 32.4 Å². The Morgan fingerprint density at radius 2 is 0.432 bits per heavy atom. The number of benzene rings is 21. The van der Waals surface area contributed by atoms with Crippen LogP contribution in [0, 0.1) is 0 Å². The molecule has 0 radical (unpaired) electrons. The van der Waals surface area contributed by atoms with Gasteiger partial charge >= 0.3 is 0 Å². The molecule has 0 atom stereocenters. The topological polar surface area (TPSA) is 81.9 Å². The molecule has 31 aromatic rings. The van der Waals surface area contributed by atoms with E-state index in [1.54, 1.807) is 0 Å². The van der Waals surface area contributed by atoms with Crippen LogP contribution in [0.1, 0.15) is 0 Å². The lowest BCUT2D eigenvalue weighted by Crippen LogP contribution is -1.96. The standard InChI is InChI=1S/C47H29N3O.C42H26N2O.C40H24N2O/c1-3-12-30(13-4-1)38-18-11-19-39(48-38)31-22-24-33(25-23-31)49-40-20-9-7-16-34(40)36-28-37-43(29-42(36)49)50(32-14-5-2-6-15-32)41-26-27-45-47(46(37)41)35-17-8-10-21-44(35)51-45;1-3-12-27(13-4-1)28-14-11-17-30(24-28)44-35-20-9-7-18-31(35)33-25-34-38(26-37(33)44)43(29-15-5-2-6-16-29)36-22-23-40-42(41(34)36)32-19-8-10-21-39(32)45-40;1-2-12-27(13-3-1)41-34-20-21-38-40(30-15-7-9-17-37(30)43-38)39(34)32-23-31-29-14-6-8-16-33(29)42(35(31)24-36(32)41)28-19-18-25-10-4-5-11-26(25)22-28/h1-29H;1-26H;1-24H. The third kappa shape index (κ3) is 12.1. The van der Waals surface area contributed by atoms with Gasteiger partial charge in [0.2, 0.25) is 0 Å². The third-order valence-corrected chi connectivity index (χ3v) is 28.7. The second-order valence-corrected chi connectivity index (χ2v) is 36.3. The highest BCUT2D eigenvalue weighted by Crippen LogP contribution is 2.50. The number of para-hydroxylation sites is 9. The maximum Gasteiger partial charge on any atom is 0.136 e. The Hall–Kier alpha value is -18.8. The number of furan rings is 3. The first kappa shape index (κ1) is 77.8. The van der Waals surface area contributed by atoms with Crippen molar-refractivity contribution >= 4 is 207 Å². The van der Waals surface area contributed by atoms with Gasteiger partial charge in [-0.3, -0.25) is 0 Å². The van der Waals surface area contributed by atoms with Gasteiger partial charge in [-0.25, -0.2) is 4.98 Å². The SMILES string of the molecule is c1ccc(-c2cccc(-c3ccc(-n4c5ccccc5c5cc6c7c8c(ccc7n(-c7ccccc7)c6cc54)oc4ccccc48)cc3)n2)cc1.c1ccc(-c2cccc(-n3c4ccccc4c4cc5c6c7c(ccc6n(-c6ccccc6)c5cc43)oc3ccccc37)c2)cc1.c1ccc(-n2c3cc4c(cc3c3c5c(ccc32)oc2ccccc25)c2ccccc2n4-c2ccc3ccccc3c2)cc1. The van der Waals surface area contributed by atoms with E-state index < -0.39 is 0 Å². The summed E-state index contributed by atoms with van der Waals surface area (Å²) in [4.78, 5) is 5.02. The van der Waals surface area contributed by atoms with Crippen molar-refractivity contribution < 1.29 is 13.3 Å².